The van der Waals surface area contributed by atoms with Gasteiger partial charge in [-0.05, 0) is 53.9 Å². The molecule has 27 heavy (non-hydrogen) atoms. The maximum absolute atomic E-state index is 12.6. The first kappa shape index (κ1) is 18.9. The number of rotatable bonds is 7. The Morgan fingerprint density at radius 2 is 1.41 bits per heavy atom. The Labute approximate surface area is 159 Å². The van der Waals surface area contributed by atoms with Gasteiger partial charge in [0.25, 0.3) is 10.0 Å². The minimum atomic E-state index is -3.69. The van der Waals surface area contributed by atoms with Crippen LogP contribution in [0.5, 0.6) is 0 Å². The third-order valence-corrected chi connectivity index (χ3v) is 5.61. The lowest BCUT2D eigenvalue weighted by Crippen LogP contribution is -2.13. The first-order valence-corrected chi connectivity index (χ1v) is 10.3. The van der Waals surface area contributed by atoms with Crippen molar-refractivity contribution < 1.29 is 13.2 Å². The number of ketones is 1. The number of carbonyl (C=O) groups excluding carboxylic acids is 1. The molecule has 3 rings (SSSR count). The quantitative estimate of drug-likeness (QED) is 0.578. The standard InChI is InChI=1S/C22H21NO3S/c1-2-6-22(24)19-9-13-20(14-10-19)23-27(25,26)21-15-11-18(12-16-21)17-7-4-3-5-8-17/h3-5,7-16,23H,2,6H2,1H3. The van der Waals surface area contributed by atoms with Crippen LogP contribution >= 0.6 is 0 Å². The van der Waals surface area contributed by atoms with Gasteiger partial charge >= 0.3 is 0 Å². The van der Waals surface area contributed by atoms with Gasteiger partial charge in [0.2, 0.25) is 0 Å². The van der Waals surface area contributed by atoms with Gasteiger partial charge in [-0.15, -0.1) is 0 Å². The fraction of sp³-hybridized carbons (Fsp3) is 0.136. The summed E-state index contributed by atoms with van der Waals surface area (Å²) in [7, 11) is -3.69. The zero-order valence-corrected chi connectivity index (χ0v) is 15.9. The van der Waals surface area contributed by atoms with Gasteiger partial charge in [0.05, 0.1) is 4.90 Å². The predicted molar refractivity (Wildman–Crippen MR) is 108 cm³/mol. The molecule has 0 bridgehead atoms. The maximum atomic E-state index is 12.6. The fourth-order valence-electron chi connectivity index (χ4n) is 2.77. The molecule has 5 heteroatoms. The van der Waals surface area contributed by atoms with Gasteiger partial charge in [-0.25, -0.2) is 8.42 Å². The second-order valence-corrected chi connectivity index (χ2v) is 7.93. The average Bonchev–Trinajstić information content (AvgIpc) is 2.69. The van der Waals surface area contributed by atoms with Gasteiger partial charge in [-0.1, -0.05) is 49.4 Å². The van der Waals surface area contributed by atoms with E-state index in [4.69, 9.17) is 0 Å². The van der Waals surface area contributed by atoms with Gasteiger partial charge in [0.1, 0.15) is 0 Å². The van der Waals surface area contributed by atoms with Crippen LogP contribution in [0.4, 0.5) is 5.69 Å². The summed E-state index contributed by atoms with van der Waals surface area (Å²) in [5, 5.41) is 0. The lowest BCUT2D eigenvalue weighted by molar-refractivity contribution is 0.0982. The Morgan fingerprint density at radius 3 is 2.00 bits per heavy atom. The van der Waals surface area contributed by atoms with Crippen LogP contribution in [0.15, 0.2) is 83.8 Å². The van der Waals surface area contributed by atoms with Gasteiger partial charge in [-0.3, -0.25) is 9.52 Å². The summed E-state index contributed by atoms with van der Waals surface area (Å²) in [6.07, 6.45) is 1.27. The lowest BCUT2D eigenvalue weighted by atomic mass is 10.1. The molecule has 3 aromatic carbocycles. The molecule has 0 fully saturated rings. The molecule has 0 aliphatic rings. The molecule has 0 amide bonds. The summed E-state index contributed by atoms with van der Waals surface area (Å²) in [6, 6.07) is 23.0. The number of hydrogen-bond donors (Lipinski definition) is 1. The number of nitrogens with one attached hydrogen (secondary N) is 1. The second-order valence-electron chi connectivity index (χ2n) is 6.25. The lowest BCUT2D eigenvalue weighted by Gasteiger charge is -2.10. The Bertz CT molecular complexity index is 1010. The van der Waals surface area contributed by atoms with E-state index in [-0.39, 0.29) is 10.7 Å². The monoisotopic (exact) mass is 379 g/mol. The summed E-state index contributed by atoms with van der Waals surface area (Å²) >= 11 is 0. The molecule has 0 saturated heterocycles. The van der Waals surface area contributed by atoms with E-state index in [1.807, 2.05) is 37.3 Å². The van der Waals surface area contributed by atoms with Gasteiger partial charge in [0, 0.05) is 17.7 Å². The third kappa shape index (κ3) is 4.63. The van der Waals surface area contributed by atoms with Crippen molar-refractivity contribution in [1.82, 2.24) is 0 Å². The van der Waals surface area contributed by atoms with Gasteiger partial charge in [-0.2, -0.15) is 0 Å². The molecule has 0 heterocycles. The highest BCUT2D eigenvalue weighted by molar-refractivity contribution is 7.92. The number of carbonyl (C=O) groups is 1. The molecule has 138 valence electrons. The zero-order valence-electron chi connectivity index (χ0n) is 15.1. The van der Waals surface area contributed by atoms with E-state index in [1.54, 1.807) is 48.5 Å². The SMILES string of the molecule is CCCC(=O)c1ccc(NS(=O)(=O)c2ccc(-c3ccccc3)cc2)cc1. The summed E-state index contributed by atoms with van der Waals surface area (Å²) in [4.78, 5) is 12.1. The molecule has 1 N–H and O–H groups in total. The third-order valence-electron chi connectivity index (χ3n) is 4.21. The highest BCUT2D eigenvalue weighted by Gasteiger charge is 2.14. The normalized spacial score (nSPS) is 11.1. The van der Waals surface area contributed by atoms with Crippen LogP contribution in [0.2, 0.25) is 0 Å². The van der Waals surface area contributed by atoms with Crippen molar-refractivity contribution in [3.63, 3.8) is 0 Å². The fourth-order valence-corrected chi connectivity index (χ4v) is 3.83. The van der Waals surface area contributed by atoms with Crippen LogP contribution in [-0.2, 0) is 10.0 Å². The maximum Gasteiger partial charge on any atom is 0.261 e. The number of Topliss-reactive ketones (excluding diaryl/α,β-unsaturated/α-hetero) is 1. The average molecular weight is 379 g/mol. The van der Waals surface area contributed by atoms with Crippen LogP contribution in [0.3, 0.4) is 0 Å². The van der Waals surface area contributed by atoms with Gasteiger partial charge in [0.15, 0.2) is 5.78 Å². The van der Waals surface area contributed by atoms with Crippen molar-refractivity contribution in [3.8, 4) is 11.1 Å². The first-order valence-electron chi connectivity index (χ1n) is 8.81. The molecule has 0 atom stereocenters. The molecular formula is C22H21NO3S. The molecule has 3 aromatic rings. The number of anilines is 1. The molecule has 4 nitrogen and oxygen atoms in total. The van der Waals surface area contributed by atoms with E-state index < -0.39 is 10.0 Å². The van der Waals surface area contributed by atoms with Crippen molar-refractivity contribution in [2.45, 2.75) is 24.7 Å². The highest BCUT2D eigenvalue weighted by Crippen LogP contribution is 2.22. The molecule has 0 aromatic heterocycles. The van der Waals surface area contributed by atoms with Crippen LogP contribution in [-0.4, -0.2) is 14.2 Å². The van der Waals surface area contributed by atoms with E-state index >= 15 is 0 Å². The Hall–Kier alpha value is -2.92. The topological polar surface area (TPSA) is 63.2 Å². The van der Waals surface area contributed by atoms with Gasteiger partial charge < -0.3 is 0 Å². The van der Waals surface area contributed by atoms with Crippen LogP contribution in [0.1, 0.15) is 30.1 Å². The van der Waals surface area contributed by atoms with E-state index in [2.05, 4.69) is 4.72 Å². The first-order chi connectivity index (χ1) is 13.0. The van der Waals surface area contributed by atoms with Crippen molar-refractivity contribution in [2.24, 2.45) is 0 Å². The van der Waals surface area contributed by atoms with E-state index in [0.717, 1.165) is 17.5 Å². The number of sulfonamides is 1. The summed E-state index contributed by atoms with van der Waals surface area (Å²) in [5.74, 6) is 0.0587. The van der Waals surface area contributed by atoms with Crippen molar-refractivity contribution in [2.75, 3.05) is 4.72 Å². The van der Waals surface area contributed by atoms with E-state index in [0.29, 0.717) is 17.7 Å². The Morgan fingerprint density at radius 1 is 0.815 bits per heavy atom. The second kappa shape index (κ2) is 8.18. The van der Waals surface area contributed by atoms with Crippen molar-refractivity contribution in [3.05, 3.63) is 84.4 Å². The van der Waals surface area contributed by atoms with Crippen molar-refractivity contribution in [1.29, 1.82) is 0 Å². The molecule has 0 aliphatic heterocycles. The number of hydrogen-bond acceptors (Lipinski definition) is 3. The van der Waals surface area contributed by atoms with Crippen LogP contribution < -0.4 is 4.72 Å². The molecule has 0 saturated carbocycles. The zero-order chi connectivity index (χ0) is 19.3. The highest BCUT2D eigenvalue weighted by atomic mass is 32.2. The predicted octanol–water partition coefficient (Wildman–Crippen LogP) is 5.14. The van der Waals surface area contributed by atoms with Crippen LogP contribution in [0.25, 0.3) is 11.1 Å². The summed E-state index contributed by atoms with van der Waals surface area (Å²) in [6.45, 7) is 1.95. The molecule has 0 aliphatic carbocycles. The van der Waals surface area contributed by atoms with E-state index in [9.17, 15) is 13.2 Å². The minimum Gasteiger partial charge on any atom is -0.294 e. The van der Waals surface area contributed by atoms with Crippen LogP contribution in [0, 0.1) is 0 Å². The molecular weight excluding hydrogens is 358 g/mol. The van der Waals surface area contributed by atoms with Crippen molar-refractivity contribution >= 4 is 21.5 Å². The van der Waals surface area contributed by atoms with E-state index in [1.165, 1.54) is 0 Å². The number of benzene rings is 3. The Balaban J connectivity index is 1.75. The Kier molecular flexibility index (Phi) is 5.72. The smallest absolute Gasteiger partial charge is 0.261 e. The minimum absolute atomic E-state index is 0.0587. The summed E-state index contributed by atoms with van der Waals surface area (Å²) < 4.78 is 27.7. The molecule has 0 radical (unpaired) electrons. The molecule has 0 unspecified atom stereocenters. The largest absolute Gasteiger partial charge is 0.294 e. The summed E-state index contributed by atoms with van der Waals surface area (Å²) in [5.41, 5.74) is 3.00. The molecule has 0 spiro atoms.